The molecule has 0 aromatic heterocycles. The number of sulfonamides is 1. The molecule has 2 aromatic carbocycles. The van der Waals surface area contributed by atoms with E-state index in [-0.39, 0.29) is 37.7 Å². The molecule has 0 radical (unpaired) electrons. The zero-order valence-corrected chi connectivity index (χ0v) is 23.9. The van der Waals surface area contributed by atoms with Gasteiger partial charge in [-0.25, -0.2) is 8.42 Å². The smallest absolute Gasteiger partial charge is 0.242 e. The van der Waals surface area contributed by atoms with E-state index in [1.165, 1.54) is 11.4 Å². The van der Waals surface area contributed by atoms with Crippen molar-refractivity contribution in [1.82, 2.24) is 10.2 Å². The van der Waals surface area contributed by atoms with Crippen molar-refractivity contribution in [2.24, 2.45) is 0 Å². The summed E-state index contributed by atoms with van der Waals surface area (Å²) in [6.45, 7) is 4.86. The molecule has 2 aromatic rings. The first-order valence-corrected chi connectivity index (χ1v) is 14.8. The van der Waals surface area contributed by atoms with Gasteiger partial charge in [-0.05, 0) is 49.1 Å². The molecule has 38 heavy (non-hydrogen) atoms. The van der Waals surface area contributed by atoms with E-state index in [2.05, 4.69) is 5.32 Å². The Hall–Kier alpha value is -3.27. The van der Waals surface area contributed by atoms with Gasteiger partial charge in [0.15, 0.2) is 0 Å². The monoisotopic (exact) mass is 547 g/mol. The second kappa shape index (κ2) is 15.2. The summed E-state index contributed by atoms with van der Waals surface area (Å²) in [5.41, 5.74) is 1.34. The quantitative estimate of drug-likeness (QED) is 0.319. The summed E-state index contributed by atoms with van der Waals surface area (Å²) < 4.78 is 36.8. The van der Waals surface area contributed by atoms with Crippen LogP contribution in [0.2, 0.25) is 0 Å². The minimum absolute atomic E-state index is 0.0882. The zero-order chi connectivity index (χ0) is 28.1. The average molecular weight is 548 g/mol. The molecule has 0 bridgehead atoms. The van der Waals surface area contributed by atoms with Gasteiger partial charge < -0.3 is 19.7 Å². The lowest BCUT2D eigenvalue weighted by Crippen LogP contribution is -2.49. The number of carbonyl (C=O) groups excluding carboxylic acids is 2. The molecule has 0 aliphatic carbocycles. The fourth-order valence-electron chi connectivity index (χ4n) is 4.12. The minimum Gasteiger partial charge on any atom is -0.497 e. The van der Waals surface area contributed by atoms with Gasteiger partial charge >= 0.3 is 0 Å². The highest BCUT2D eigenvalue weighted by Gasteiger charge is 2.28. The second-order valence-corrected chi connectivity index (χ2v) is 11.0. The first-order valence-electron chi connectivity index (χ1n) is 13.0. The van der Waals surface area contributed by atoms with E-state index in [4.69, 9.17) is 9.47 Å². The minimum atomic E-state index is -3.59. The number of carbonyl (C=O) groups is 2. The van der Waals surface area contributed by atoms with E-state index in [0.29, 0.717) is 30.2 Å². The number of methoxy groups -OCH3 is 2. The molecular formula is C28H41N3O6S. The van der Waals surface area contributed by atoms with Crippen molar-refractivity contribution >= 4 is 27.5 Å². The Morgan fingerprint density at radius 2 is 1.66 bits per heavy atom. The highest BCUT2D eigenvalue weighted by molar-refractivity contribution is 7.92. The Morgan fingerprint density at radius 1 is 0.974 bits per heavy atom. The van der Waals surface area contributed by atoms with Gasteiger partial charge in [0.1, 0.15) is 17.5 Å². The Labute approximate surface area is 227 Å². The van der Waals surface area contributed by atoms with E-state index < -0.39 is 16.1 Å². The fourth-order valence-corrected chi connectivity index (χ4v) is 5.08. The molecule has 10 heteroatoms. The summed E-state index contributed by atoms with van der Waals surface area (Å²) in [6, 6.07) is 13.5. The number of ether oxygens (including phenoxy) is 2. The molecule has 0 heterocycles. The highest BCUT2D eigenvalue weighted by Crippen LogP contribution is 2.24. The predicted molar refractivity (Wildman–Crippen MR) is 150 cm³/mol. The molecule has 2 amide bonds. The summed E-state index contributed by atoms with van der Waals surface area (Å²) in [5.74, 6) is 0.849. The van der Waals surface area contributed by atoms with Gasteiger partial charge in [-0.15, -0.1) is 0 Å². The fraction of sp³-hybridized carbons (Fsp3) is 0.500. The summed E-state index contributed by atoms with van der Waals surface area (Å²) in [4.78, 5) is 28.1. The molecule has 0 saturated carbocycles. The molecule has 2 rings (SSSR count). The number of benzene rings is 2. The Balaban J connectivity index is 2.21. The van der Waals surface area contributed by atoms with Crippen molar-refractivity contribution in [3.63, 3.8) is 0 Å². The van der Waals surface area contributed by atoms with Crippen LogP contribution in [0.15, 0.2) is 48.5 Å². The van der Waals surface area contributed by atoms with E-state index in [1.807, 2.05) is 38.1 Å². The molecular weight excluding hydrogens is 506 g/mol. The Kier molecular flexibility index (Phi) is 12.4. The van der Waals surface area contributed by atoms with E-state index in [9.17, 15) is 18.0 Å². The first-order chi connectivity index (χ1) is 18.1. The summed E-state index contributed by atoms with van der Waals surface area (Å²) >= 11 is 0. The molecule has 1 N–H and O–H groups in total. The van der Waals surface area contributed by atoms with Crippen molar-refractivity contribution in [3.05, 3.63) is 54.1 Å². The van der Waals surface area contributed by atoms with Gasteiger partial charge in [-0.1, -0.05) is 38.5 Å². The molecule has 0 spiro atoms. The van der Waals surface area contributed by atoms with E-state index in [0.717, 1.165) is 24.7 Å². The molecule has 0 unspecified atom stereocenters. The third-order valence-electron chi connectivity index (χ3n) is 6.22. The molecule has 210 valence electrons. The molecule has 0 aliphatic rings. The predicted octanol–water partition coefficient (Wildman–Crippen LogP) is 3.97. The van der Waals surface area contributed by atoms with Gasteiger partial charge in [-0.3, -0.25) is 13.9 Å². The molecule has 0 fully saturated rings. The SMILES string of the molecule is CCCCNC(=O)[C@H](CC)N(Cc1ccc(OC)cc1)C(=O)CCCN(c1cccc(OC)c1)S(C)(=O)=O. The maximum Gasteiger partial charge on any atom is 0.242 e. The van der Waals surface area contributed by atoms with Crippen LogP contribution in [0, 0.1) is 0 Å². The number of hydrogen-bond acceptors (Lipinski definition) is 6. The van der Waals surface area contributed by atoms with Crippen molar-refractivity contribution in [3.8, 4) is 11.5 Å². The number of amides is 2. The number of rotatable bonds is 16. The third kappa shape index (κ3) is 9.24. The zero-order valence-electron chi connectivity index (χ0n) is 23.1. The molecule has 9 nitrogen and oxygen atoms in total. The van der Waals surface area contributed by atoms with Crippen molar-refractivity contribution in [1.29, 1.82) is 0 Å². The van der Waals surface area contributed by atoms with Crippen LogP contribution in [0.1, 0.15) is 51.5 Å². The normalized spacial score (nSPS) is 11.9. The van der Waals surface area contributed by atoms with Crippen molar-refractivity contribution in [2.45, 2.75) is 58.5 Å². The van der Waals surface area contributed by atoms with Gasteiger partial charge in [0, 0.05) is 32.1 Å². The maximum absolute atomic E-state index is 13.5. The van der Waals surface area contributed by atoms with Gasteiger partial charge in [0.05, 0.1) is 26.2 Å². The van der Waals surface area contributed by atoms with Crippen LogP contribution in [0.25, 0.3) is 0 Å². The lowest BCUT2D eigenvalue weighted by molar-refractivity contribution is -0.141. The summed E-state index contributed by atoms with van der Waals surface area (Å²) in [6.07, 6.45) is 3.79. The average Bonchev–Trinajstić information content (AvgIpc) is 2.90. The largest absolute Gasteiger partial charge is 0.497 e. The van der Waals surface area contributed by atoms with Gasteiger partial charge in [-0.2, -0.15) is 0 Å². The van der Waals surface area contributed by atoms with E-state index >= 15 is 0 Å². The Bertz CT molecular complexity index is 1140. The second-order valence-electron chi connectivity index (χ2n) is 9.08. The molecule has 0 aliphatic heterocycles. The Morgan fingerprint density at radius 3 is 2.24 bits per heavy atom. The number of nitrogens with zero attached hydrogens (tertiary/aromatic N) is 2. The lowest BCUT2D eigenvalue weighted by atomic mass is 10.1. The standard InChI is InChI=1S/C28H41N3O6S/c1-6-8-18-29-28(33)26(7-2)30(21-22-14-16-24(36-3)17-15-22)27(32)13-10-19-31(38(5,34)35)23-11-9-12-25(20-23)37-4/h9,11-12,14-17,20,26H,6-8,10,13,18-19,21H2,1-5H3,(H,29,33)/t26-/m0/s1. The van der Waals surface area contributed by atoms with Crippen LogP contribution < -0.4 is 19.1 Å². The van der Waals surface area contributed by atoms with Crippen LogP contribution in [-0.4, -0.2) is 64.7 Å². The number of anilines is 1. The number of unbranched alkanes of at least 4 members (excludes halogenated alkanes) is 1. The third-order valence-corrected chi connectivity index (χ3v) is 7.41. The van der Waals surface area contributed by atoms with Crippen LogP contribution in [0.3, 0.4) is 0 Å². The van der Waals surface area contributed by atoms with Crippen LogP contribution in [-0.2, 0) is 26.2 Å². The van der Waals surface area contributed by atoms with Crippen molar-refractivity contribution < 1.29 is 27.5 Å². The summed E-state index contributed by atoms with van der Waals surface area (Å²) in [5, 5.41) is 2.95. The van der Waals surface area contributed by atoms with Crippen molar-refractivity contribution in [2.75, 3.05) is 37.9 Å². The number of hydrogen-bond donors (Lipinski definition) is 1. The highest BCUT2D eigenvalue weighted by atomic mass is 32.2. The van der Waals surface area contributed by atoms with E-state index in [1.54, 1.807) is 36.3 Å². The molecule has 0 saturated heterocycles. The first kappa shape index (κ1) is 31.0. The van der Waals surface area contributed by atoms with Crippen LogP contribution in [0.4, 0.5) is 5.69 Å². The maximum atomic E-state index is 13.5. The summed E-state index contributed by atoms with van der Waals surface area (Å²) in [7, 11) is -0.483. The molecule has 1 atom stereocenters. The van der Waals surface area contributed by atoms with Crippen LogP contribution >= 0.6 is 0 Å². The lowest BCUT2D eigenvalue weighted by Gasteiger charge is -2.31. The van der Waals surface area contributed by atoms with Gasteiger partial charge in [0.25, 0.3) is 0 Å². The topological polar surface area (TPSA) is 105 Å². The van der Waals surface area contributed by atoms with Crippen LogP contribution in [0.5, 0.6) is 11.5 Å². The number of nitrogens with one attached hydrogen (secondary N) is 1. The van der Waals surface area contributed by atoms with Gasteiger partial charge in [0.2, 0.25) is 21.8 Å².